The number of para-hydroxylation sites is 3. The summed E-state index contributed by atoms with van der Waals surface area (Å²) < 4.78 is 0. The number of rotatable bonds is 5. The van der Waals surface area contributed by atoms with Crippen molar-refractivity contribution in [2.24, 2.45) is 0 Å². The van der Waals surface area contributed by atoms with Gasteiger partial charge in [0.15, 0.2) is 0 Å². The Morgan fingerprint density at radius 2 is 1.17 bits per heavy atom. The molecule has 0 spiro atoms. The molecule has 2 aliphatic heterocycles. The summed E-state index contributed by atoms with van der Waals surface area (Å²) in [6, 6.07) is 45.9. The van der Waals surface area contributed by atoms with E-state index in [0.717, 1.165) is 16.9 Å². The summed E-state index contributed by atoms with van der Waals surface area (Å²) in [7, 11) is 0. The average Bonchev–Trinajstić information content (AvgIpc) is 3.03. The van der Waals surface area contributed by atoms with Gasteiger partial charge in [0.25, 0.3) is 0 Å². The highest BCUT2D eigenvalue weighted by atomic mass is 15.2. The van der Waals surface area contributed by atoms with Crippen molar-refractivity contribution in [1.82, 2.24) is 0 Å². The van der Waals surface area contributed by atoms with Crippen molar-refractivity contribution in [3.05, 3.63) is 163 Å². The Morgan fingerprint density at radius 3 is 1.80 bits per heavy atom. The Balaban J connectivity index is 1.62. The van der Waals surface area contributed by atoms with E-state index >= 15 is 0 Å². The van der Waals surface area contributed by atoms with Crippen LogP contribution in [0.1, 0.15) is 13.8 Å². The van der Waals surface area contributed by atoms with Crippen molar-refractivity contribution in [3.63, 3.8) is 0 Å². The summed E-state index contributed by atoms with van der Waals surface area (Å²) in [6.45, 7) is 8.63. The molecule has 2 nitrogen and oxygen atoms in total. The van der Waals surface area contributed by atoms with Crippen LogP contribution in [0.15, 0.2) is 163 Å². The van der Waals surface area contributed by atoms with Gasteiger partial charge in [-0.25, -0.2) is 0 Å². The number of hydrogen-bond acceptors (Lipinski definition) is 2. The van der Waals surface area contributed by atoms with Crippen LogP contribution in [-0.2, 0) is 0 Å². The molecule has 41 heavy (non-hydrogen) atoms. The van der Waals surface area contributed by atoms with Crippen LogP contribution in [0, 0.1) is 0 Å². The Bertz CT molecular complexity index is 1820. The molecule has 5 aromatic carbocycles. The van der Waals surface area contributed by atoms with Crippen molar-refractivity contribution in [1.29, 1.82) is 0 Å². The average molecular weight is 526 g/mol. The van der Waals surface area contributed by atoms with Crippen LogP contribution >= 0.6 is 0 Å². The number of fused-ring (bicyclic) bond motifs is 2. The molecule has 5 aromatic rings. The minimum atomic E-state index is 0.129. The molecular formula is C38H31BN2. The van der Waals surface area contributed by atoms with Gasteiger partial charge in [-0.15, -0.1) is 0 Å². The van der Waals surface area contributed by atoms with Gasteiger partial charge in [-0.1, -0.05) is 103 Å². The normalized spacial score (nSPS) is 14.1. The number of anilines is 5. The molecule has 196 valence electrons. The van der Waals surface area contributed by atoms with E-state index < -0.39 is 0 Å². The first-order valence-corrected chi connectivity index (χ1v) is 14.2. The Labute approximate surface area is 243 Å². The first-order valence-electron chi connectivity index (χ1n) is 14.2. The molecule has 0 aromatic heterocycles. The second-order valence-corrected chi connectivity index (χ2v) is 10.8. The molecule has 0 saturated heterocycles. The predicted octanol–water partition coefficient (Wildman–Crippen LogP) is 8.84. The Kier molecular flexibility index (Phi) is 6.21. The fraction of sp³-hybridized carbons (Fsp3) is 0.0526. The lowest BCUT2D eigenvalue weighted by atomic mass is 9.33. The smallest absolute Gasteiger partial charge is 0.247 e. The highest BCUT2D eigenvalue weighted by molar-refractivity contribution is 6.95. The summed E-state index contributed by atoms with van der Waals surface area (Å²) in [5.74, 6) is 0. The zero-order chi connectivity index (χ0) is 27.9. The fourth-order valence-corrected chi connectivity index (χ4v) is 6.37. The monoisotopic (exact) mass is 526 g/mol. The maximum Gasteiger partial charge on any atom is 0.247 e. The molecule has 0 radical (unpaired) electrons. The summed E-state index contributed by atoms with van der Waals surface area (Å²) in [5, 5.41) is 0. The first-order chi connectivity index (χ1) is 20.2. The second-order valence-electron chi connectivity index (χ2n) is 10.8. The molecular weight excluding hydrogens is 495 g/mol. The van der Waals surface area contributed by atoms with E-state index in [1.54, 1.807) is 0 Å². The van der Waals surface area contributed by atoms with E-state index in [-0.39, 0.29) is 6.71 Å². The number of hydrogen-bond donors (Lipinski definition) is 0. The maximum absolute atomic E-state index is 4.07. The highest BCUT2D eigenvalue weighted by Gasteiger charge is 2.42. The lowest BCUT2D eigenvalue weighted by Crippen LogP contribution is -2.55. The van der Waals surface area contributed by atoms with Gasteiger partial charge in [0, 0.05) is 34.1 Å². The van der Waals surface area contributed by atoms with Crippen LogP contribution in [0.4, 0.5) is 28.4 Å². The third kappa shape index (κ3) is 4.13. The molecule has 0 unspecified atom stereocenters. The van der Waals surface area contributed by atoms with Crippen molar-refractivity contribution in [2.45, 2.75) is 13.8 Å². The van der Waals surface area contributed by atoms with Gasteiger partial charge >= 0.3 is 0 Å². The molecule has 0 saturated carbocycles. The molecule has 3 heteroatoms. The van der Waals surface area contributed by atoms with E-state index in [2.05, 4.69) is 164 Å². The van der Waals surface area contributed by atoms with Crippen molar-refractivity contribution < 1.29 is 0 Å². The molecule has 0 N–H and O–H groups in total. The van der Waals surface area contributed by atoms with Gasteiger partial charge in [-0.05, 0) is 90.0 Å². The SMILES string of the molecule is C=C/C(C)=C\C1=C(C)B2c3ccccc3N(c3ccccc3)c3cc(-c4ccccc4)cc(c32)N1c1ccccc1. The van der Waals surface area contributed by atoms with E-state index in [4.69, 9.17) is 0 Å². The molecule has 0 bridgehead atoms. The van der Waals surface area contributed by atoms with Gasteiger partial charge in [0.2, 0.25) is 6.71 Å². The summed E-state index contributed by atoms with van der Waals surface area (Å²) in [5.41, 5.74) is 14.7. The predicted molar refractivity (Wildman–Crippen MR) is 177 cm³/mol. The standard InChI is InChI=1S/C38H31BN2/c1-4-27(2)24-35-28(3)39-33-22-14-15-23-34(33)40(31-18-10-6-11-19-31)36-25-30(29-16-8-5-9-17-29)26-37(38(36)39)41(35)32-20-12-7-13-21-32/h4-26H,1H2,2-3H3/b27-24-. The molecule has 7 rings (SSSR count). The van der Waals surface area contributed by atoms with Crippen LogP contribution in [0.5, 0.6) is 0 Å². The maximum atomic E-state index is 4.07. The van der Waals surface area contributed by atoms with Crippen molar-refractivity contribution >= 4 is 46.1 Å². The molecule has 0 atom stereocenters. The molecule has 0 amide bonds. The van der Waals surface area contributed by atoms with E-state index in [0.29, 0.717) is 0 Å². The third-order valence-electron chi connectivity index (χ3n) is 8.30. The summed E-state index contributed by atoms with van der Waals surface area (Å²) in [4.78, 5) is 4.89. The van der Waals surface area contributed by atoms with Crippen molar-refractivity contribution in [3.8, 4) is 11.1 Å². The third-order valence-corrected chi connectivity index (χ3v) is 8.30. The van der Waals surface area contributed by atoms with Gasteiger partial charge in [-0.2, -0.15) is 0 Å². The van der Waals surface area contributed by atoms with E-state index in [9.17, 15) is 0 Å². The number of allylic oxidation sites excluding steroid dienone is 4. The zero-order valence-electron chi connectivity index (χ0n) is 23.5. The minimum absolute atomic E-state index is 0.129. The largest absolute Gasteiger partial charge is 0.312 e. The Morgan fingerprint density at radius 1 is 0.634 bits per heavy atom. The van der Waals surface area contributed by atoms with Gasteiger partial charge in [-0.3, -0.25) is 0 Å². The number of nitrogens with zero attached hydrogens (tertiary/aromatic N) is 2. The fourth-order valence-electron chi connectivity index (χ4n) is 6.37. The van der Waals surface area contributed by atoms with Crippen LogP contribution in [0.25, 0.3) is 11.1 Å². The lowest BCUT2D eigenvalue weighted by Gasteiger charge is -2.44. The molecule has 2 aliphatic rings. The van der Waals surface area contributed by atoms with Crippen LogP contribution in [0.2, 0.25) is 0 Å². The second kappa shape index (κ2) is 10.2. The topological polar surface area (TPSA) is 6.48 Å². The van der Waals surface area contributed by atoms with Crippen LogP contribution in [-0.4, -0.2) is 6.71 Å². The minimum Gasteiger partial charge on any atom is -0.312 e. The molecule has 0 aliphatic carbocycles. The van der Waals surface area contributed by atoms with Gasteiger partial charge in [0.1, 0.15) is 0 Å². The lowest BCUT2D eigenvalue weighted by molar-refractivity contribution is 1.16. The zero-order valence-corrected chi connectivity index (χ0v) is 23.5. The Hall–Kier alpha value is -5.02. The number of benzene rings is 5. The highest BCUT2D eigenvalue weighted by Crippen LogP contribution is 2.46. The molecule has 0 fully saturated rings. The summed E-state index contributed by atoms with van der Waals surface area (Å²) in [6.07, 6.45) is 4.23. The quantitative estimate of drug-likeness (QED) is 0.167. The van der Waals surface area contributed by atoms with Crippen LogP contribution in [0.3, 0.4) is 0 Å². The van der Waals surface area contributed by atoms with Crippen molar-refractivity contribution in [2.75, 3.05) is 9.80 Å². The first kappa shape index (κ1) is 25.0. The van der Waals surface area contributed by atoms with Gasteiger partial charge in [0.05, 0.1) is 0 Å². The molecule has 2 heterocycles. The summed E-state index contributed by atoms with van der Waals surface area (Å²) >= 11 is 0. The van der Waals surface area contributed by atoms with Gasteiger partial charge < -0.3 is 9.80 Å². The van der Waals surface area contributed by atoms with Crippen LogP contribution < -0.4 is 20.7 Å². The van der Waals surface area contributed by atoms with E-state index in [1.807, 2.05) is 6.08 Å². The van der Waals surface area contributed by atoms with E-state index in [1.165, 1.54) is 50.3 Å².